The molecule has 1 saturated heterocycles. The van der Waals surface area contributed by atoms with Crippen molar-refractivity contribution in [1.29, 1.82) is 0 Å². The SMILES string of the molecule is CC(N)(CC1CCOCC1)C(=O)O. The normalized spacial score (nSPS) is 23.8. The highest BCUT2D eigenvalue weighted by atomic mass is 16.5. The van der Waals surface area contributed by atoms with E-state index in [4.69, 9.17) is 15.6 Å². The Labute approximate surface area is 78.1 Å². The molecule has 0 saturated carbocycles. The zero-order chi connectivity index (χ0) is 9.90. The van der Waals surface area contributed by atoms with Gasteiger partial charge in [-0.1, -0.05) is 0 Å². The van der Waals surface area contributed by atoms with Crippen LogP contribution in [0.4, 0.5) is 0 Å². The lowest BCUT2D eigenvalue weighted by Crippen LogP contribution is -2.46. The van der Waals surface area contributed by atoms with E-state index in [0.717, 1.165) is 26.1 Å². The molecule has 0 aromatic carbocycles. The van der Waals surface area contributed by atoms with E-state index in [9.17, 15) is 4.79 Å². The maximum atomic E-state index is 10.7. The first-order chi connectivity index (χ1) is 6.02. The molecule has 3 N–H and O–H groups in total. The smallest absolute Gasteiger partial charge is 0.323 e. The van der Waals surface area contributed by atoms with Crippen LogP contribution in [0.3, 0.4) is 0 Å². The Morgan fingerprint density at radius 1 is 1.62 bits per heavy atom. The summed E-state index contributed by atoms with van der Waals surface area (Å²) in [6, 6.07) is 0. The molecule has 0 spiro atoms. The van der Waals surface area contributed by atoms with Crippen LogP contribution in [0.1, 0.15) is 26.2 Å². The number of carboxylic acids is 1. The number of hydrogen-bond acceptors (Lipinski definition) is 3. The Morgan fingerprint density at radius 3 is 2.62 bits per heavy atom. The van der Waals surface area contributed by atoms with E-state index in [1.807, 2.05) is 0 Å². The molecular formula is C9H17NO3. The van der Waals surface area contributed by atoms with E-state index in [2.05, 4.69) is 0 Å². The zero-order valence-electron chi connectivity index (χ0n) is 7.95. The van der Waals surface area contributed by atoms with Crippen LogP contribution in [0.25, 0.3) is 0 Å². The van der Waals surface area contributed by atoms with Gasteiger partial charge in [0.1, 0.15) is 5.54 Å². The minimum atomic E-state index is -1.08. The van der Waals surface area contributed by atoms with Gasteiger partial charge in [0, 0.05) is 13.2 Å². The third-order valence-electron chi connectivity index (χ3n) is 2.54. The Morgan fingerprint density at radius 2 is 2.15 bits per heavy atom. The maximum absolute atomic E-state index is 10.7. The minimum absolute atomic E-state index is 0.403. The van der Waals surface area contributed by atoms with Crippen molar-refractivity contribution in [2.24, 2.45) is 11.7 Å². The highest BCUT2D eigenvalue weighted by Crippen LogP contribution is 2.23. The van der Waals surface area contributed by atoms with Crippen molar-refractivity contribution >= 4 is 5.97 Å². The first-order valence-corrected chi connectivity index (χ1v) is 4.62. The van der Waals surface area contributed by atoms with E-state index >= 15 is 0 Å². The van der Waals surface area contributed by atoms with Crippen LogP contribution in [-0.2, 0) is 9.53 Å². The average Bonchev–Trinajstić information content (AvgIpc) is 2.05. The molecule has 1 unspecified atom stereocenters. The second-order valence-corrected chi connectivity index (χ2v) is 3.98. The van der Waals surface area contributed by atoms with Gasteiger partial charge in [-0.2, -0.15) is 0 Å². The van der Waals surface area contributed by atoms with Crippen molar-refractivity contribution in [3.8, 4) is 0 Å². The molecule has 0 radical (unpaired) electrons. The van der Waals surface area contributed by atoms with Gasteiger partial charge in [0.2, 0.25) is 0 Å². The lowest BCUT2D eigenvalue weighted by Gasteiger charge is -2.28. The molecule has 1 aliphatic heterocycles. The molecule has 0 aliphatic carbocycles. The van der Waals surface area contributed by atoms with Crippen molar-refractivity contribution in [2.75, 3.05) is 13.2 Å². The highest BCUT2D eigenvalue weighted by molar-refractivity contribution is 5.77. The second-order valence-electron chi connectivity index (χ2n) is 3.98. The van der Waals surface area contributed by atoms with Crippen molar-refractivity contribution in [1.82, 2.24) is 0 Å². The Bertz CT molecular complexity index is 185. The predicted octanol–water partition coefficient (Wildman–Crippen LogP) is 0.605. The molecule has 0 aromatic heterocycles. The Hall–Kier alpha value is -0.610. The van der Waals surface area contributed by atoms with Gasteiger partial charge in [-0.05, 0) is 32.1 Å². The average molecular weight is 187 g/mol. The lowest BCUT2D eigenvalue weighted by molar-refractivity contribution is -0.143. The van der Waals surface area contributed by atoms with Crippen molar-refractivity contribution in [3.05, 3.63) is 0 Å². The summed E-state index contributed by atoms with van der Waals surface area (Å²) >= 11 is 0. The van der Waals surface area contributed by atoms with Crippen LogP contribution in [0, 0.1) is 5.92 Å². The number of carboxylic acid groups (broad SMARTS) is 1. The number of carbonyl (C=O) groups is 1. The fourth-order valence-electron chi connectivity index (χ4n) is 1.64. The van der Waals surface area contributed by atoms with Crippen LogP contribution in [-0.4, -0.2) is 29.8 Å². The molecule has 0 aromatic rings. The Kier molecular flexibility index (Phi) is 3.27. The van der Waals surface area contributed by atoms with Gasteiger partial charge in [-0.25, -0.2) is 0 Å². The summed E-state index contributed by atoms with van der Waals surface area (Å²) in [4.78, 5) is 10.7. The molecule has 4 nitrogen and oxygen atoms in total. The van der Waals surface area contributed by atoms with E-state index < -0.39 is 11.5 Å². The van der Waals surface area contributed by atoms with Crippen molar-refractivity contribution in [3.63, 3.8) is 0 Å². The van der Waals surface area contributed by atoms with Crippen LogP contribution >= 0.6 is 0 Å². The number of aliphatic carboxylic acids is 1. The van der Waals surface area contributed by atoms with Crippen molar-refractivity contribution in [2.45, 2.75) is 31.7 Å². The molecule has 4 heteroatoms. The van der Waals surface area contributed by atoms with Gasteiger partial charge in [-0.3, -0.25) is 4.79 Å². The van der Waals surface area contributed by atoms with Crippen LogP contribution in [0.5, 0.6) is 0 Å². The van der Waals surface area contributed by atoms with Crippen molar-refractivity contribution < 1.29 is 14.6 Å². The fourth-order valence-corrected chi connectivity index (χ4v) is 1.64. The summed E-state index contributed by atoms with van der Waals surface area (Å²) in [5.74, 6) is -0.515. The number of rotatable bonds is 3. The summed E-state index contributed by atoms with van der Waals surface area (Å²) in [5.41, 5.74) is 4.57. The molecule has 1 atom stereocenters. The molecule has 0 bridgehead atoms. The number of nitrogens with two attached hydrogens (primary N) is 1. The molecule has 76 valence electrons. The fraction of sp³-hybridized carbons (Fsp3) is 0.889. The molecular weight excluding hydrogens is 170 g/mol. The monoisotopic (exact) mass is 187 g/mol. The van der Waals surface area contributed by atoms with E-state index in [-0.39, 0.29) is 0 Å². The van der Waals surface area contributed by atoms with Gasteiger partial charge in [-0.15, -0.1) is 0 Å². The lowest BCUT2D eigenvalue weighted by atomic mass is 9.85. The zero-order valence-corrected chi connectivity index (χ0v) is 7.95. The van der Waals surface area contributed by atoms with Gasteiger partial charge >= 0.3 is 5.97 Å². The standard InChI is InChI=1S/C9H17NO3/c1-9(10,8(11)12)6-7-2-4-13-5-3-7/h7H,2-6,10H2,1H3,(H,11,12). The van der Waals surface area contributed by atoms with Gasteiger partial charge in [0.25, 0.3) is 0 Å². The summed E-state index contributed by atoms with van der Waals surface area (Å²) in [5, 5.41) is 8.82. The maximum Gasteiger partial charge on any atom is 0.323 e. The van der Waals surface area contributed by atoms with Gasteiger partial charge in [0.15, 0.2) is 0 Å². The summed E-state index contributed by atoms with van der Waals surface area (Å²) in [6.07, 6.45) is 2.41. The topological polar surface area (TPSA) is 72.5 Å². The van der Waals surface area contributed by atoms with E-state index in [1.54, 1.807) is 6.92 Å². The van der Waals surface area contributed by atoms with Gasteiger partial charge in [0.05, 0.1) is 0 Å². The van der Waals surface area contributed by atoms with Crippen LogP contribution < -0.4 is 5.73 Å². The summed E-state index contributed by atoms with van der Waals surface area (Å²) in [6.45, 7) is 3.05. The number of hydrogen-bond donors (Lipinski definition) is 2. The molecule has 13 heavy (non-hydrogen) atoms. The third kappa shape index (κ3) is 2.97. The highest BCUT2D eigenvalue weighted by Gasteiger charge is 2.31. The summed E-state index contributed by atoms with van der Waals surface area (Å²) < 4.78 is 5.19. The molecule has 1 heterocycles. The predicted molar refractivity (Wildman–Crippen MR) is 48.4 cm³/mol. The minimum Gasteiger partial charge on any atom is -0.480 e. The molecule has 1 rings (SSSR count). The number of ether oxygens (including phenoxy) is 1. The largest absolute Gasteiger partial charge is 0.480 e. The third-order valence-corrected chi connectivity index (χ3v) is 2.54. The Balaban J connectivity index is 2.41. The van der Waals surface area contributed by atoms with E-state index in [1.165, 1.54) is 0 Å². The molecule has 1 aliphatic rings. The second kappa shape index (κ2) is 4.07. The molecule has 1 fully saturated rings. The molecule has 0 amide bonds. The first kappa shape index (κ1) is 10.5. The summed E-state index contributed by atoms with van der Waals surface area (Å²) in [7, 11) is 0. The van der Waals surface area contributed by atoms with Crippen LogP contribution in [0.2, 0.25) is 0 Å². The van der Waals surface area contributed by atoms with Crippen LogP contribution in [0.15, 0.2) is 0 Å². The first-order valence-electron chi connectivity index (χ1n) is 4.62. The van der Waals surface area contributed by atoms with Gasteiger partial charge < -0.3 is 15.6 Å². The van der Waals surface area contributed by atoms with E-state index in [0.29, 0.717) is 12.3 Å². The quantitative estimate of drug-likeness (QED) is 0.678.